The zero-order valence-electron chi connectivity index (χ0n) is 12.7. The summed E-state index contributed by atoms with van der Waals surface area (Å²) in [7, 11) is 0. The first-order valence-corrected chi connectivity index (χ1v) is 7.52. The summed E-state index contributed by atoms with van der Waals surface area (Å²) in [4.78, 5) is 16.0. The third kappa shape index (κ3) is 4.83. The molecule has 2 rings (SSSR count). The van der Waals surface area contributed by atoms with Gasteiger partial charge in [0.15, 0.2) is 0 Å². The van der Waals surface area contributed by atoms with Crippen molar-refractivity contribution in [3.63, 3.8) is 0 Å². The van der Waals surface area contributed by atoms with Crippen molar-refractivity contribution in [1.82, 2.24) is 10.3 Å². The number of nitrogens with zero attached hydrogens (tertiary/aromatic N) is 1. The first-order chi connectivity index (χ1) is 10.6. The van der Waals surface area contributed by atoms with Gasteiger partial charge in [-0.05, 0) is 37.1 Å². The van der Waals surface area contributed by atoms with Crippen LogP contribution >= 0.6 is 11.6 Å². The molecule has 0 saturated heterocycles. The van der Waals surface area contributed by atoms with Crippen molar-refractivity contribution >= 4 is 17.5 Å². The molecule has 4 nitrogen and oxygen atoms in total. The zero-order chi connectivity index (χ0) is 15.9. The van der Waals surface area contributed by atoms with E-state index in [0.29, 0.717) is 23.9 Å². The minimum Gasteiger partial charge on any atom is -0.374 e. The van der Waals surface area contributed by atoms with E-state index in [4.69, 9.17) is 16.3 Å². The van der Waals surface area contributed by atoms with Crippen LogP contribution in [0.25, 0.3) is 0 Å². The Balaban J connectivity index is 1.99. The second-order valence-electron chi connectivity index (χ2n) is 5.18. The largest absolute Gasteiger partial charge is 0.374 e. The third-order valence-electron chi connectivity index (χ3n) is 3.12. The molecule has 2 aromatic rings. The number of carbonyl (C=O) groups is 1. The number of hydrogen-bond donors (Lipinski definition) is 1. The van der Waals surface area contributed by atoms with Gasteiger partial charge in [-0.15, -0.1) is 0 Å². The fraction of sp³-hybridized carbons (Fsp3) is 0.294. The van der Waals surface area contributed by atoms with Gasteiger partial charge in [-0.1, -0.05) is 35.9 Å². The van der Waals surface area contributed by atoms with Crippen molar-refractivity contribution in [2.45, 2.75) is 33.1 Å². The fourth-order valence-corrected chi connectivity index (χ4v) is 2.03. The lowest BCUT2D eigenvalue weighted by Crippen LogP contribution is -2.23. The summed E-state index contributed by atoms with van der Waals surface area (Å²) < 4.78 is 5.64. The van der Waals surface area contributed by atoms with Crippen molar-refractivity contribution in [1.29, 1.82) is 0 Å². The SMILES string of the molecule is CC(C)OCc1ccccc1CNC(=O)c1ccc(Cl)nc1. The Labute approximate surface area is 135 Å². The maximum absolute atomic E-state index is 12.1. The van der Waals surface area contributed by atoms with E-state index in [9.17, 15) is 4.79 Å². The van der Waals surface area contributed by atoms with E-state index in [1.807, 2.05) is 38.1 Å². The lowest BCUT2D eigenvalue weighted by molar-refractivity contribution is 0.0651. The van der Waals surface area contributed by atoms with Crippen LogP contribution in [0.15, 0.2) is 42.6 Å². The highest BCUT2D eigenvalue weighted by Gasteiger charge is 2.08. The molecule has 0 radical (unpaired) electrons. The molecule has 1 aromatic heterocycles. The number of nitrogens with one attached hydrogen (secondary N) is 1. The number of ether oxygens (including phenoxy) is 1. The van der Waals surface area contributed by atoms with Crippen molar-refractivity contribution < 1.29 is 9.53 Å². The normalized spacial score (nSPS) is 10.7. The van der Waals surface area contributed by atoms with Crippen LogP contribution in [0.2, 0.25) is 5.15 Å². The van der Waals surface area contributed by atoms with Gasteiger partial charge >= 0.3 is 0 Å². The number of hydrogen-bond acceptors (Lipinski definition) is 3. The second kappa shape index (κ2) is 7.92. The van der Waals surface area contributed by atoms with Crippen molar-refractivity contribution in [2.24, 2.45) is 0 Å². The second-order valence-corrected chi connectivity index (χ2v) is 5.57. The predicted molar refractivity (Wildman–Crippen MR) is 86.8 cm³/mol. The van der Waals surface area contributed by atoms with E-state index in [2.05, 4.69) is 10.3 Å². The van der Waals surface area contributed by atoms with Crippen LogP contribution in [0, 0.1) is 0 Å². The summed E-state index contributed by atoms with van der Waals surface area (Å²) in [5.41, 5.74) is 2.60. The molecular formula is C17H19ClN2O2. The molecule has 0 saturated carbocycles. The Hall–Kier alpha value is -1.91. The van der Waals surface area contributed by atoms with Crippen LogP contribution in [-0.2, 0) is 17.9 Å². The van der Waals surface area contributed by atoms with Crippen LogP contribution < -0.4 is 5.32 Å². The van der Waals surface area contributed by atoms with E-state index >= 15 is 0 Å². The topological polar surface area (TPSA) is 51.2 Å². The van der Waals surface area contributed by atoms with Crippen molar-refractivity contribution in [3.8, 4) is 0 Å². The quantitative estimate of drug-likeness (QED) is 0.828. The molecule has 1 aromatic carbocycles. The maximum Gasteiger partial charge on any atom is 0.253 e. The Kier molecular flexibility index (Phi) is 5.92. The number of pyridine rings is 1. The lowest BCUT2D eigenvalue weighted by Gasteiger charge is -2.13. The molecule has 0 bridgehead atoms. The third-order valence-corrected chi connectivity index (χ3v) is 3.34. The Morgan fingerprint density at radius 3 is 2.59 bits per heavy atom. The van der Waals surface area contributed by atoms with Gasteiger partial charge in [0.25, 0.3) is 5.91 Å². The number of rotatable bonds is 6. The summed E-state index contributed by atoms with van der Waals surface area (Å²) in [5, 5.41) is 3.25. The Bertz CT molecular complexity index is 627. The number of halogens is 1. The van der Waals surface area contributed by atoms with Gasteiger partial charge in [0.1, 0.15) is 5.15 Å². The van der Waals surface area contributed by atoms with Gasteiger partial charge in [0.05, 0.1) is 18.3 Å². The van der Waals surface area contributed by atoms with Gasteiger partial charge < -0.3 is 10.1 Å². The van der Waals surface area contributed by atoms with Crippen LogP contribution in [0.4, 0.5) is 0 Å². The molecule has 0 fully saturated rings. The zero-order valence-corrected chi connectivity index (χ0v) is 13.4. The van der Waals surface area contributed by atoms with Crippen molar-refractivity contribution in [3.05, 3.63) is 64.4 Å². The molecule has 0 aliphatic carbocycles. The Morgan fingerprint density at radius 1 is 1.23 bits per heavy atom. The molecule has 1 amide bonds. The summed E-state index contributed by atoms with van der Waals surface area (Å²) in [6.07, 6.45) is 1.63. The minimum atomic E-state index is -0.177. The molecule has 22 heavy (non-hydrogen) atoms. The average molecular weight is 319 g/mol. The number of carbonyl (C=O) groups excluding carboxylic acids is 1. The van der Waals surface area contributed by atoms with Gasteiger partial charge in [-0.25, -0.2) is 4.98 Å². The standard InChI is InChI=1S/C17H19ClN2O2/c1-12(2)22-11-15-6-4-3-5-13(15)9-20-17(21)14-7-8-16(18)19-10-14/h3-8,10,12H,9,11H2,1-2H3,(H,20,21). The molecule has 0 unspecified atom stereocenters. The molecule has 0 aliphatic heterocycles. The summed E-state index contributed by atoms with van der Waals surface area (Å²) >= 11 is 5.71. The number of aromatic nitrogens is 1. The monoisotopic (exact) mass is 318 g/mol. The molecule has 116 valence electrons. The van der Waals surface area contributed by atoms with Crippen LogP contribution in [0.5, 0.6) is 0 Å². The van der Waals surface area contributed by atoms with Gasteiger partial charge in [0, 0.05) is 12.7 Å². The van der Waals surface area contributed by atoms with Gasteiger partial charge in [-0.2, -0.15) is 0 Å². The molecular weight excluding hydrogens is 300 g/mol. The molecule has 1 N–H and O–H groups in total. The highest BCUT2D eigenvalue weighted by Crippen LogP contribution is 2.12. The van der Waals surface area contributed by atoms with E-state index in [-0.39, 0.29) is 12.0 Å². The summed E-state index contributed by atoms with van der Waals surface area (Å²) in [6, 6.07) is 11.2. The van der Waals surface area contributed by atoms with Crippen LogP contribution in [0.1, 0.15) is 35.3 Å². The Morgan fingerprint density at radius 2 is 1.95 bits per heavy atom. The molecule has 0 aliphatic rings. The predicted octanol–water partition coefficient (Wildman–Crippen LogP) is 3.59. The summed E-state index contributed by atoms with van der Waals surface area (Å²) in [6.45, 7) is 4.97. The van der Waals surface area contributed by atoms with E-state index in [1.165, 1.54) is 6.20 Å². The van der Waals surface area contributed by atoms with E-state index in [0.717, 1.165) is 11.1 Å². The molecule has 5 heteroatoms. The van der Waals surface area contributed by atoms with Crippen LogP contribution in [-0.4, -0.2) is 17.0 Å². The number of benzene rings is 1. The van der Waals surface area contributed by atoms with Crippen LogP contribution in [0.3, 0.4) is 0 Å². The van der Waals surface area contributed by atoms with E-state index < -0.39 is 0 Å². The van der Waals surface area contributed by atoms with E-state index in [1.54, 1.807) is 12.1 Å². The van der Waals surface area contributed by atoms with Gasteiger partial charge in [-0.3, -0.25) is 4.79 Å². The fourth-order valence-electron chi connectivity index (χ4n) is 1.91. The molecule has 0 spiro atoms. The summed E-state index contributed by atoms with van der Waals surface area (Å²) in [5.74, 6) is -0.177. The minimum absolute atomic E-state index is 0.169. The highest BCUT2D eigenvalue weighted by atomic mass is 35.5. The lowest BCUT2D eigenvalue weighted by atomic mass is 10.1. The molecule has 1 heterocycles. The van der Waals surface area contributed by atoms with Gasteiger partial charge in [0.2, 0.25) is 0 Å². The average Bonchev–Trinajstić information content (AvgIpc) is 2.52. The first-order valence-electron chi connectivity index (χ1n) is 7.14. The maximum atomic E-state index is 12.1. The van der Waals surface area contributed by atoms with Crippen molar-refractivity contribution in [2.75, 3.05) is 0 Å². The molecule has 0 atom stereocenters. The smallest absolute Gasteiger partial charge is 0.253 e. The first kappa shape index (κ1) is 16.5. The highest BCUT2D eigenvalue weighted by molar-refractivity contribution is 6.29. The number of amides is 1.